The zero-order valence-electron chi connectivity index (χ0n) is 18.1. The summed E-state index contributed by atoms with van der Waals surface area (Å²) in [7, 11) is 0. The molecule has 1 aliphatic rings. The first-order chi connectivity index (χ1) is 15.7. The lowest BCUT2D eigenvalue weighted by molar-refractivity contribution is -0.274. The SMILES string of the molecule is CC1CCCCC1.O=C(O)COc1ccc2nc(Nc3ccc(OC(F)(F)F)cc3)[nH]c2c1. The minimum Gasteiger partial charge on any atom is -0.482 e. The van der Waals surface area contributed by atoms with Crippen LogP contribution in [0.2, 0.25) is 0 Å². The number of carboxylic acids is 1. The molecule has 0 amide bonds. The smallest absolute Gasteiger partial charge is 0.482 e. The highest BCUT2D eigenvalue weighted by atomic mass is 19.4. The minimum atomic E-state index is -4.74. The van der Waals surface area contributed by atoms with Crippen LogP contribution < -0.4 is 14.8 Å². The van der Waals surface area contributed by atoms with Crippen LogP contribution in [0.25, 0.3) is 11.0 Å². The molecular weight excluding hydrogens is 439 g/mol. The van der Waals surface area contributed by atoms with Gasteiger partial charge in [-0.25, -0.2) is 9.78 Å². The van der Waals surface area contributed by atoms with Crippen LogP contribution in [0, 0.1) is 5.92 Å². The number of nitrogens with one attached hydrogen (secondary N) is 2. The van der Waals surface area contributed by atoms with Crippen LogP contribution in [0.15, 0.2) is 42.5 Å². The maximum absolute atomic E-state index is 12.1. The third-order valence-electron chi connectivity index (χ3n) is 5.06. The maximum atomic E-state index is 12.1. The van der Waals surface area contributed by atoms with E-state index < -0.39 is 18.9 Å². The van der Waals surface area contributed by atoms with E-state index in [0.29, 0.717) is 28.4 Å². The summed E-state index contributed by atoms with van der Waals surface area (Å²) in [6.45, 7) is 1.90. The van der Waals surface area contributed by atoms with Crippen LogP contribution in [0.3, 0.4) is 0 Å². The Kier molecular flexibility index (Phi) is 8.02. The molecule has 1 aromatic heterocycles. The third kappa shape index (κ3) is 8.21. The number of alkyl halides is 3. The number of anilines is 2. The van der Waals surface area contributed by atoms with Gasteiger partial charge in [0.15, 0.2) is 6.61 Å². The van der Waals surface area contributed by atoms with Crippen molar-refractivity contribution in [1.29, 1.82) is 0 Å². The van der Waals surface area contributed by atoms with Gasteiger partial charge in [-0.15, -0.1) is 13.2 Å². The van der Waals surface area contributed by atoms with Crippen LogP contribution in [-0.4, -0.2) is 34.0 Å². The largest absolute Gasteiger partial charge is 0.573 e. The molecule has 2 aromatic carbocycles. The average Bonchev–Trinajstić information content (AvgIpc) is 3.15. The molecule has 0 atom stereocenters. The summed E-state index contributed by atoms with van der Waals surface area (Å²) in [5.74, 6) is 0.347. The molecule has 10 heteroatoms. The van der Waals surface area contributed by atoms with Gasteiger partial charge in [0, 0.05) is 11.8 Å². The molecule has 0 radical (unpaired) electrons. The Bertz CT molecular complexity index is 1050. The molecule has 0 aliphatic heterocycles. The van der Waals surface area contributed by atoms with E-state index in [1.165, 1.54) is 56.4 Å². The second-order valence-corrected chi connectivity index (χ2v) is 7.89. The average molecular weight is 465 g/mol. The molecule has 1 fully saturated rings. The monoisotopic (exact) mass is 465 g/mol. The van der Waals surface area contributed by atoms with Gasteiger partial charge in [-0.3, -0.25) is 0 Å². The molecule has 0 bridgehead atoms. The Morgan fingerprint density at radius 1 is 1.12 bits per heavy atom. The molecule has 3 aromatic rings. The molecule has 0 saturated heterocycles. The van der Waals surface area contributed by atoms with Crippen molar-refractivity contribution in [3.8, 4) is 11.5 Å². The lowest BCUT2D eigenvalue weighted by Crippen LogP contribution is -2.16. The van der Waals surface area contributed by atoms with Crippen LogP contribution in [0.1, 0.15) is 39.0 Å². The van der Waals surface area contributed by atoms with E-state index in [1.807, 2.05) is 0 Å². The van der Waals surface area contributed by atoms with Crippen molar-refractivity contribution in [2.75, 3.05) is 11.9 Å². The van der Waals surface area contributed by atoms with E-state index in [1.54, 1.807) is 18.2 Å². The molecule has 1 heterocycles. The van der Waals surface area contributed by atoms with Crippen molar-refractivity contribution in [1.82, 2.24) is 9.97 Å². The normalized spacial score (nSPS) is 14.3. The van der Waals surface area contributed by atoms with Crippen molar-refractivity contribution in [2.45, 2.75) is 45.4 Å². The van der Waals surface area contributed by atoms with Crippen molar-refractivity contribution in [3.05, 3.63) is 42.5 Å². The zero-order valence-corrected chi connectivity index (χ0v) is 18.1. The summed E-state index contributed by atoms with van der Waals surface area (Å²) < 4.78 is 45.3. The van der Waals surface area contributed by atoms with Crippen LogP contribution in [-0.2, 0) is 4.79 Å². The predicted molar refractivity (Wildman–Crippen MR) is 118 cm³/mol. The van der Waals surface area contributed by atoms with E-state index in [0.717, 1.165) is 5.92 Å². The van der Waals surface area contributed by atoms with Crippen molar-refractivity contribution >= 4 is 28.6 Å². The topological polar surface area (TPSA) is 96.5 Å². The summed E-state index contributed by atoms with van der Waals surface area (Å²) in [5, 5.41) is 11.5. The summed E-state index contributed by atoms with van der Waals surface area (Å²) in [6, 6.07) is 10.0. The first-order valence-electron chi connectivity index (χ1n) is 10.6. The molecule has 1 aliphatic carbocycles. The number of aliphatic carboxylic acids is 1. The van der Waals surface area contributed by atoms with E-state index in [4.69, 9.17) is 9.84 Å². The minimum absolute atomic E-state index is 0.326. The number of hydrogen-bond acceptors (Lipinski definition) is 5. The van der Waals surface area contributed by atoms with Gasteiger partial charge in [0.25, 0.3) is 0 Å². The molecule has 3 N–H and O–H groups in total. The summed E-state index contributed by atoms with van der Waals surface area (Å²) in [4.78, 5) is 17.8. The quantitative estimate of drug-likeness (QED) is 0.398. The van der Waals surface area contributed by atoms with E-state index >= 15 is 0 Å². The highest BCUT2D eigenvalue weighted by molar-refractivity contribution is 5.80. The highest BCUT2D eigenvalue weighted by Gasteiger charge is 2.30. The van der Waals surface area contributed by atoms with E-state index in [-0.39, 0.29) is 5.75 Å². The Morgan fingerprint density at radius 2 is 1.79 bits per heavy atom. The fraction of sp³-hybridized carbons (Fsp3) is 0.391. The molecule has 0 spiro atoms. The summed E-state index contributed by atoms with van der Waals surface area (Å²) in [6.07, 6.45) is 2.70. The van der Waals surface area contributed by atoms with Crippen molar-refractivity contribution < 1.29 is 32.5 Å². The first-order valence-corrected chi connectivity index (χ1v) is 10.6. The van der Waals surface area contributed by atoms with Crippen LogP contribution >= 0.6 is 0 Å². The van der Waals surface area contributed by atoms with Crippen molar-refractivity contribution in [2.24, 2.45) is 5.92 Å². The zero-order chi connectivity index (χ0) is 23.8. The van der Waals surface area contributed by atoms with Gasteiger partial charge >= 0.3 is 12.3 Å². The summed E-state index contributed by atoms with van der Waals surface area (Å²) in [5.41, 5.74) is 1.71. The Labute approximate surface area is 188 Å². The second kappa shape index (κ2) is 10.9. The fourth-order valence-electron chi connectivity index (χ4n) is 3.47. The number of carboxylic acid groups (broad SMARTS) is 1. The standard InChI is InChI=1S/C16H12F3N3O4.C7H14/c17-16(18,19)26-10-3-1-9(2-4-10)20-15-21-12-6-5-11(7-13(12)22-15)25-8-14(23)24;1-7-5-3-2-4-6-7/h1-7H,8H2,(H,23,24)(H2,20,21,22);7H,2-6H2,1H3. The number of carbonyl (C=O) groups is 1. The number of hydrogen-bond donors (Lipinski definition) is 3. The number of halogens is 3. The highest BCUT2D eigenvalue weighted by Crippen LogP contribution is 2.26. The van der Waals surface area contributed by atoms with Crippen LogP contribution in [0.4, 0.5) is 24.8 Å². The van der Waals surface area contributed by atoms with Gasteiger partial charge in [0.1, 0.15) is 11.5 Å². The molecule has 7 nitrogen and oxygen atoms in total. The van der Waals surface area contributed by atoms with E-state index in [9.17, 15) is 18.0 Å². The van der Waals surface area contributed by atoms with Gasteiger partial charge in [0.05, 0.1) is 11.0 Å². The molecule has 4 rings (SSSR count). The summed E-state index contributed by atoms with van der Waals surface area (Å²) >= 11 is 0. The number of benzene rings is 2. The molecular formula is C23H26F3N3O4. The Hall–Kier alpha value is -3.43. The van der Waals surface area contributed by atoms with Crippen molar-refractivity contribution in [3.63, 3.8) is 0 Å². The van der Waals surface area contributed by atoms with Crippen LogP contribution in [0.5, 0.6) is 11.5 Å². The second-order valence-electron chi connectivity index (χ2n) is 7.89. The maximum Gasteiger partial charge on any atom is 0.573 e. The lowest BCUT2D eigenvalue weighted by atomic mass is 9.91. The van der Waals surface area contributed by atoms with E-state index in [2.05, 4.69) is 26.9 Å². The number of aromatic amines is 1. The number of ether oxygens (including phenoxy) is 2. The van der Waals surface area contributed by atoms with Gasteiger partial charge in [-0.2, -0.15) is 0 Å². The Balaban J connectivity index is 0.000000374. The molecule has 0 unspecified atom stereocenters. The van der Waals surface area contributed by atoms with Gasteiger partial charge in [-0.05, 0) is 42.3 Å². The van der Waals surface area contributed by atoms with Gasteiger partial charge < -0.3 is 24.9 Å². The number of fused-ring (bicyclic) bond motifs is 1. The van der Waals surface area contributed by atoms with Gasteiger partial charge in [0.2, 0.25) is 5.95 Å². The number of aromatic nitrogens is 2. The first kappa shape index (κ1) is 24.2. The van der Waals surface area contributed by atoms with Gasteiger partial charge in [-0.1, -0.05) is 39.0 Å². The Morgan fingerprint density at radius 3 is 2.36 bits per heavy atom. The lowest BCUT2D eigenvalue weighted by Gasteiger charge is -2.15. The fourth-order valence-corrected chi connectivity index (χ4v) is 3.47. The predicted octanol–water partition coefficient (Wildman–Crippen LogP) is 6.26. The molecule has 178 valence electrons. The number of imidazole rings is 1. The third-order valence-corrected chi connectivity index (χ3v) is 5.06. The molecule has 1 saturated carbocycles. The molecule has 33 heavy (non-hydrogen) atoms. The number of rotatable bonds is 6. The number of H-pyrrole nitrogens is 1. The number of nitrogens with zero attached hydrogens (tertiary/aromatic N) is 1.